The van der Waals surface area contributed by atoms with Crippen LogP contribution in [0.3, 0.4) is 0 Å². The fourth-order valence-electron chi connectivity index (χ4n) is 1.84. The topological polar surface area (TPSA) is 34.1 Å². The van der Waals surface area contributed by atoms with Crippen LogP contribution in [0.4, 0.5) is 0 Å². The zero-order chi connectivity index (χ0) is 13.3. The number of hydrogen-bond donors (Lipinski definition) is 0. The second kappa shape index (κ2) is 5.19. The molecule has 0 bridgehead atoms. The van der Waals surface area contributed by atoms with Gasteiger partial charge in [-0.25, -0.2) is 0 Å². The van der Waals surface area contributed by atoms with Crippen molar-refractivity contribution in [2.75, 3.05) is 0 Å². The Labute approximate surface area is 115 Å². The molecule has 0 atom stereocenters. The molecule has 0 amide bonds. The lowest BCUT2D eigenvalue weighted by molar-refractivity contribution is -0.121. The molecule has 3 heteroatoms. The Morgan fingerprint density at radius 1 is 1.33 bits per heavy atom. The van der Waals surface area contributed by atoms with E-state index in [0.717, 1.165) is 28.4 Å². The number of aryl methyl sites for hydroxylation is 1. The first-order chi connectivity index (χ1) is 8.49. The minimum Gasteiger partial charge on any atom is -0.294 e. The molecule has 18 heavy (non-hydrogen) atoms. The summed E-state index contributed by atoms with van der Waals surface area (Å²) in [4.78, 5) is 23.7. The van der Waals surface area contributed by atoms with E-state index in [4.69, 9.17) is 0 Å². The highest BCUT2D eigenvalue weighted by Gasteiger charge is 2.33. The molecular weight excluding hydrogens is 292 g/mol. The highest BCUT2D eigenvalue weighted by atomic mass is 79.9. The van der Waals surface area contributed by atoms with Gasteiger partial charge in [0, 0.05) is 10.4 Å². The van der Waals surface area contributed by atoms with Crippen molar-refractivity contribution in [3.8, 4) is 0 Å². The van der Waals surface area contributed by atoms with Crippen LogP contribution < -0.4 is 0 Å². The van der Waals surface area contributed by atoms with Crippen LogP contribution in [-0.4, -0.2) is 11.6 Å². The van der Waals surface area contributed by atoms with Crippen molar-refractivity contribution in [1.82, 2.24) is 0 Å². The molecule has 0 heterocycles. The van der Waals surface area contributed by atoms with E-state index in [1.165, 1.54) is 6.92 Å². The summed E-state index contributed by atoms with van der Waals surface area (Å²) >= 11 is 3.44. The number of rotatable bonds is 4. The van der Waals surface area contributed by atoms with Crippen LogP contribution in [0.25, 0.3) is 6.08 Å². The van der Waals surface area contributed by atoms with Gasteiger partial charge >= 0.3 is 0 Å². The molecule has 1 fully saturated rings. The van der Waals surface area contributed by atoms with E-state index in [1.807, 2.05) is 25.1 Å². The average Bonchev–Trinajstić information content (AvgIpc) is 3.13. The summed E-state index contributed by atoms with van der Waals surface area (Å²) in [5.74, 6) is -0.0834. The fraction of sp³-hybridized carbons (Fsp3) is 0.333. The normalized spacial score (nSPS) is 15.6. The number of Topliss-reactive ketones (excluding diaryl/α,β-unsaturated/α-hetero) is 2. The van der Waals surface area contributed by atoms with Gasteiger partial charge in [-0.05, 0) is 44.4 Å². The number of allylic oxidation sites excluding steroid dienone is 1. The number of carbonyl (C=O) groups is 2. The molecule has 0 N–H and O–H groups in total. The first-order valence-electron chi connectivity index (χ1n) is 6.02. The Balaban J connectivity index is 2.40. The van der Waals surface area contributed by atoms with E-state index in [9.17, 15) is 9.59 Å². The molecule has 2 rings (SSSR count). The van der Waals surface area contributed by atoms with Crippen LogP contribution in [-0.2, 0) is 9.59 Å². The van der Waals surface area contributed by atoms with Crippen LogP contribution in [0, 0.1) is 12.8 Å². The molecule has 0 saturated heterocycles. The van der Waals surface area contributed by atoms with Gasteiger partial charge in [-0.2, -0.15) is 0 Å². The minimum absolute atomic E-state index is 0.00379. The first kappa shape index (κ1) is 13.2. The maximum Gasteiger partial charge on any atom is 0.169 e. The average molecular weight is 307 g/mol. The minimum atomic E-state index is -0.152. The third-order valence-corrected chi connectivity index (χ3v) is 3.77. The van der Waals surface area contributed by atoms with E-state index >= 15 is 0 Å². The summed E-state index contributed by atoms with van der Waals surface area (Å²) in [6, 6.07) is 5.88. The Morgan fingerprint density at radius 3 is 2.56 bits per heavy atom. The smallest absolute Gasteiger partial charge is 0.169 e. The van der Waals surface area contributed by atoms with E-state index in [-0.39, 0.29) is 17.5 Å². The molecule has 94 valence electrons. The molecule has 2 nitrogen and oxygen atoms in total. The summed E-state index contributed by atoms with van der Waals surface area (Å²) in [7, 11) is 0. The molecule has 1 saturated carbocycles. The molecular formula is C15H15BrO2. The molecule has 0 unspecified atom stereocenters. The maximum absolute atomic E-state index is 12.0. The third kappa shape index (κ3) is 2.96. The Morgan fingerprint density at radius 2 is 2.00 bits per heavy atom. The van der Waals surface area contributed by atoms with Crippen LogP contribution in [0.1, 0.15) is 30.9 Å². The number of hydrogen-bond acceptors (Lipinski definition) is 2. The summed E-state index contributed by atoms with van der Waals surface area (Å²) in [6.45, 7) is 3.44. The van der Waals surface area contributed by atoms with Crippen molar-refractivity contribution < 1.29 is 9.59 Å². The largest absolute Gasteiger partial charge is 0.294 e. The lowest BCUT2D eigenvalue weighted by Crippen LogP contribution is -2.11. The zero-order valence-corrected chi connectivity index (χ0v) is 12.1. The van der Waals surface area contributed by atoms with Crippen molar-refractivity contribution in [3.05, 3.63) is 39.4 Å². The van der Waals surface area contributed by atoms with Crippen LogP contribution in [0.2, 0.25) is 0 Å². The van der Waals surface area contributed by atoms with Gasteiger partial charge in [0.25, 0.3) is 0 Å². The molecule has 0 spiro atoms. The standard InChI is InChI=1S/C15H15BrO2/c1-9-3-6-14(16)12(7-9)8-13(10(2)17)15(18)11-4-5-11/h3,6-8,11H,4-5H2,1-2H3/b13-8+. The number of benzene rings is 1. The summed E-state index contributed by atoms with van der Waals surface area (Å²) in [5, 5.41) is 0. The van der Waals surface area contributed by atoms with Gasteiger partial charge < -0.3 is 0 Å². The van der Waals surface area contributed by atoms with E-state index < -0.39 is 0 Å². The van der Waals surface area contributed by atoms with Crippen LogP contribution in [0.5, 0.6) is 0 Å². The van der Waals surface area contributed by atoms with Crippen molar-refractivity contribution in [2.45, 2.75) is 26.7 Å². The Kier molecular flexibility index (Phi) is 3.81. The van der Waals surface area contributed by atoms with E-state index in [0.29, 0.717) is 5.57 Å². The molecule has 1 aliphatic carbocycles. The first-order valence-corrected chi connectivity index (χ1v) is 6.81. The molecule has 0 aliphatic heterocycles. The molecule has 0 radical (unpaired) electrons. The zero-order valence-electron chi connectivity index (χ0n) is 10.5. The van der Waals surface area contributed by atoms with Gasteiger partial charge in [-0.15, -0.1) is 0 Å². The van der Waals surface area contributed by atoms with Crippen LogP contribution >= 0.6 is 15.9 Å². The Bertz CT molecular complexity index is 539. The van der Waals surface area contributed by atoms with E-state index in [2.05, 4.69) is 15.9 Å². The van der Waals surface area contributed by atoms with Crippen molar-refractivity contribution in [3.63, 3.8) is 0 Å². The van der Waals surface area contributed by atoms with Crippen molar-refractivity contribution in [2.24, 2.45) is 5.92 Å². The third-order valence-electron chi connectivity index (χ3n) is 3.04. The second-order valence-electron chi connectivity index (χ2n) is 4.78. The maximum atomic E-state index is 12.0. The van der Waals surface area contributed by atoms with Gasteiger partial charge in [0.2, 0.25) is 0 Å². The fourth-order valence-corrected chi connectivity index (χ4v) is 2.20. The summed E-state index contributed by atoms with van der Waals surface area (Å²) < 4.78 is 0.899. The van der Waals surface area contributed by atoms with E-state index in [1.54, 1.807) is 6.08 Å². The summed E-state index contributed by atoms with van der Waals surface area (Å²) in [5.41, 5.74) is 2.31. The molecule has 1 aromatic carbocycles. The monoisotopic (exact) mass is 306 g/mol. The quantitative estimate of drug-likeness (QED) is 0.483. The van der Waals surface area contributed by atoms with Crippen LogP contribution in [0.15, 0.2) is 28.2 Å². The highest BCUT2D eigenvalue weighted by molar-refractivity contribution is 9.10. The highest BCUT2D eigenvalue weighted by Crippen LogP contribution is 2.33. The SMILES string of the molecule is CC(=O)/C(=C\c1cc(C)ccc1Br)C(=O)C1CC1. The number of halogens is 1. The predicted octanol–water partition coefficient (Wildman–Crippen LogP) is 3.71. The molecule has 1 aromatic rings. The Hall–Kier alpha value is -1.22. The molecule has 0 aromatic heterocycles. The van der Waals surface area contributed by atoms with Gasteiger partial charge in [0.05, 0.1) is 5.57 Å². The number of ketones is 2. The van der Waals surface area contributed by atoms with Gasteiger partial charge in [0.1, 0.15) is 0 Å². The second-order valence-corrected chi connectivity index (χ2v) is 5.63. The van der Waals surface area contributed by atoms with Gasteiger partial charge in [-0.3, -0.25) is 9.59 Å². The van der Waals surface area contributed by atoms with Crippen molar-refractivity contribution >= 4 is 33.6 Å². The lowest BCUT2D eigenvalue weighted by Gasteiger charge is -2.05. The van der Waals surface area contributed by atoms with Gasteiger partial charge in [-0.1, -0.05) is 33.6 Å². The lowest BCUT2D eigenvalue weighted by atomic mass is 10.00. The summed E-state index contributed by atoms with van der Waals surface area (Å²) in [6.07, 6.45) is 3.54. The van der Waals surface area contributed by atoms with Gasteiger partial charge in [0.15, 0.2) is 11.6 Å². The van der Waals surface area contributed by atoms with Crippen molar-refractivity contribution in [1.29, 1.82) is 0 Å². The molecule has 1 aliphatic rings. The predicted molar refractivity (Wildman–Crippen MR) is 75.3 cm³/mol. The number of carbonyl (C=O) groups excluding carboxylic acids is 2.